The average molecular weight is 420 g/mol. The molecule has 0 fully saturated rings. The van der Waals surface area contributed by atoms with Gasteiger partial charge in [0.2, 0.25) is 5.91 Å². The lowest BCUT2D eigenvalue weighted by Gasteiger charge is -2.35. The highest BCUT2D eigenvalue weighted by molar-refractivity contribution is 7.10. The summed E-state index contributed by atoms with van der Waals surface area (Å²) in [5.74, 6) is 1.90. The van der Waals surface area contributed by atoms with Crippen LogP contribution in [0.25, 0.3) is 11.3 Å². The molecule has 1 aliphatic heterocycles. The van der Waals surface area contributed by atoms with Crippen molar-refractivity contribution < 1.29 is 9.21 Å². The monoisotopic (exact) mass is 419 g/mol. The zero-order chi connectivity index (χ0) is 19.6. The lowest BCUT2D eigenvalue weighted by atomic mass is 9.98. The molecule has 1 amide bonds. The van der Waals surface area contributed by atoms with E-state index in [2.05, 4.69) is 33.9 Å². The molecule has 0 bridgehead atoms. The van der Waals surface area contributed by atoms with E-state index in [0.717, 1.165) is 30.0 Å². The van der Waals surface area contributed by atoms with Crippen LogP contribution in [-0.2, 0) is 17.6 Å². The highest BCUT2D eigenvalue weighted by Gasteiger charge is 2.33. The minimum atomic E-state index is 0.0500. The van der Waals surface area contributed by atoms with Crippen LogP contribution in [0.4, 0.5) is 0 Å². The molecule has 5 heteroatoms. The van der Waals surface area contributed by atoms with Gasteiger partial charge in [-0.25, -0.2) is 0 Å². The van der Waals surface area contributed by atoms with Crippen LogP contribution in [0.3, 0.4) is 0 Å². The molecule has 1 aliphatic rings. The Morgan fingerprint density at radius 2 is 1.90 bits per heavy atom. The lowest BCUT2D eigenvalue weighted by Crippen LogP contribution is -2.39. The van der Waals surface area contributed by atoms with Gasteiger partial charge in [0.05, 0.1) is 6.04 Å². The number of furan rings is 1. The fourth-order valence-corrected chi connectivity index (χ4v) is 5.74. The van der Waals surface area contributed by atoms with Crippen molar-refractivity contribution in [3.05, 3.63) is 92.5 Å². The van der Waals surface area contributed by atoms with E-state index in [1.54, 1.807) is 22.7 Å². The first-order valence-corrected chi connectivity index (χ1v) is 11.6. The highest BCUT2D eigenvalue weighted by Crippen LogP contribution is 2.39. The summed E-state index contributed by atoms with van der Waals surface area (Å²) in [7, 11) is 0. The molecule has 5 rings (SSSR count). The molecule has 0 spiro atoms. The molecule has 0 N–H and O–H groups in total. The number of amides is 1. The van der Waals surface area contributed by atoms with Gasteiger partial charge in [-0.1, -0.05) is 36.4 Å². The van der Waals surface area contributed by atoms with Crippen molar-refractivity contribution in [2.45, 2.75) is 25.3 Å². The number of rotatable bonds is 5. The summed E-state index contributed by atoms with van der Waals surface area (Å²) in [5.41, 5.74) is 2.35. The summed E-state index contributed by atoms with van der Waals surface area (Å²) >= 11 is 3.53. The number of carbonyl (C=O) groups excluding carboxylic acids is 1. The van der Waals surface area contributed by atoms with Gasteiger partial charge in [-0.15, -0.1) is 22.7 Å². The zero-order valence-corrected chi connectivity index (χ0v) is 17.5. The normalized spacial score (nSPS) is 16.0. The van der Waals surface area contributed by atoms with Crippen molar-refractivity contribution in [3.8, 4) is 11.3 Å². The Labute approximate surface area is 178 Å². The van der Waals surface area contributed by atoms with E-state index >= 15 is 0 Å². The maximum atomic E-state index is 13.2. The second-order valence-corrected chi connectivity index (χ2v) is 9.17. The second kappa shape index (κ2) is 8.01. The fourth-order valence-electron chi connectivity index (χ4n) is 3.98. The van der Waals surface area contributed by atoms with Gasteiger partial charge in [0.15, 0.2) is 0 Å². The molecule has 0 unspecified atom stereocenters. The van der Waals surface area contributed by atoms with E-state index in [1.165, 1.54) is 15.3 Å². The van der Waals surface area contributed by atoms with Gasteiger partial charge in [0, 0.05) is 34.7 Å². The number of fused-ring (bicyclic) bond motifs is 1. The summed E-state index contributed by atoms with van der Waals surface area (Å²) in [6.45, 7) is 0.780. The van der Waals surface area contributed by atoms with Gasteiger partial charge in [-0.2, -0.15) is 0 Å². The first-order chi connectivity index (χ1) is 14.3. The predicted molar refractivity (Wildman–Crippen MR) is 118 cm³/mol. The smallest absolute Gasteiger partial charge is 0.223 e. The quantitative estimate of drug-likeness (QED) is 0.387. The standard InChI is InChI=1S/C24H21NO2S2/c26-23(11-9-18-8-10-20(27-18)17-5-2-1-3-6-17)25-14-12-21-19(13-16-29-21)24(25)22-7-4-15-28-22/h1-8,10,13,15-16,24H,9,11-12,14H2/t24-/m1/s1. The van der Waals surface area contributed by atoms with Crippen molar-refractivity contribution in [1.29, 1.82) is 0 Å². The van der Waals surface area contributed by atoms with Gasteiger partial charge in [-0.05, 0) is 47.0 Å². The van der Waals surface area contributed by atoms with Crippen LogP contribution < -0.4 is 0 Å². The Hall–Kier alpha value is -2.63. The van der Waals surface area contributed by atoms with Crippen molar-refractivity contribution in [2.24, 2.45) is 0 Å². The third kappa shape index (κ3) is 3.68. The van der Waals surface area contributed by atoms with Gasteiger partial charge < -0.3 is 9.32 Å². The van der Waals surface area contributed by atoms with Crippen molar-refractivity contribution in [1.82, 2.24) is 4.90 Å². The topological polar surface area (TPSA) is 33.5 Å². The molecule has 3 aromatic heterocycles. The van der Waals surface area contributed by atoms with E-state index in [4.69, 9.17) is 4.42 Å². The third-order valence-corrected chi connectivity index (χ3v) is 7.33. The van der Waals surface area contributed by atoms with Crippen LogP contribution in [0.15, 0.2) is 75.8 Å². The first-order valence-electron chi connectivity index (χ1n) is 9.83. The van der Waals surface area contributed by atoms with Gasteiger partial charge in [0.1, 0.15) is 11.5 Å². The molecule has 1 atom stereocenters. The Kier molecular flexibility index (Phi) is 5.08. The number of aryl methyl sites for hydroxylation is 1. The molecular formula is C24H21NO2S2. The summed E-state index contributed by atoms with van der Waals surface area (Å²) in [4.78, 5) is 17.9. The molecule has 0 saturated heterocycles. The zero-order valence-electron chi connectivity index (χ0n) is 15.9. The molecule has 0 aliphatic carbocycles. The Morgan fingerprint density at radius 3 is 2.72 bits per heavy atom. The van der Waals surface area contributed by atoms with Crippen LogP contribution in [-0.4, -0.2) is 17.4 Å². The van der Waals surface area contributed by atoms with Crippen molar-refractivity contribution in [2.75, 3.05) is 6.54 Å². The number of thiophene rings is 2. The number of nitrogens with zero attached hydrogens (tertiary/aromatic N) is 1. The van der Waals surface area contributed by atoms with Crippen LogP contribution in [0.1, 0.15) is 33.5 Å². The van der Waals surface area contributed by atoms with Gasteiger partial charge in [-0.3, -0.25) is 4.79 Å². The van der Waals surface area contributed by atoms with Crippen LogP contribution >= 0.6 is 22.7 Å². The minimum Gasteiger partial charge on any atom is -0.461 e. The minimum absolute atomic E-state index is 0.0500. The Morgan fingerprint density at radius 1 is 1.00 bits per heavy atom. The maximum absolute atomic E-state index is 13.2. The number of benzene rings is 1. The van der Waals surface area contributed by atoms with Crippen molar-refractivity contribution in [3.63, 3.8) is 0 Å². The molecule has 29 heavy (non-hydrogen) atoms. The summed E-state index contributed by atoms with van der Waals surface area (Å²) < 4.78 is 5.98. The third-order valence-electron chi connectivity index (χ3n) is 5.40. The highest BCUT2D eigenvalue weighted by atomic mass is 32.1. The largest absolute Gasteiger partial charge is 0.461 e. The molecule has 3 nitrogen and oxygen atoms in total. The van der Waals surface area contributed by atoms with E-state index < -0.39 is 0 Å². The number of carbonyl (C=O) groups is 1. The molecule has 146 valence electrons. The lowest BCUT2D eigenvalue weighted by molar-refractivity contribution is -0.133. The van der Waals surface area contributed by atoms with E-state index in [1.807, 2.05) is 42.5 Å². The van der Waals surface area contributed by atoms with E-state index in [0.29, 0.717) is 12.8 Å². The Bertz CT molecular complexity index is 1100. The van der Waals surface area contributed by atoms with Crippen LogP contribution in [0.5, 0.6) is 0 Å². The predicted octanol–water partition coefficient (Wildman–Crippen LogP) is 6.18. The molecular weight excluding hydrogens is 398 g/mol. The van der Waals surface area contributed by atoms with Gasteiger partial charge >= 0.3 is 0 Å². The first kappa shape index (κ1) is 18.4. The van der Waals surface area contributed by atoms with Gasteiger partial charge in [0.25, 0.3) is 0 Å². The maximum Gasteiger partial charge on any atom is 0.223 e. The SMILES string of the molecule is O=C(CCc1ccc(-c2ccccc2)o1)N1CCc2sccc2[C@@H]1c1cccs1. The summed E-state index contributed by atoms with van der Waals surface area (Å²) in [6, 6.07) is 20.5. The second-order valence-electron chi connectivity index (χ2n) is 7.19. The number of hydrogen-bond acceptors (Lipinski definition) is 4. The summed E-state index contributed by atoms with van der Waals surface area (Å²) in [5, 5.41) is 4.24. The van der Waals surface area contributed by atoms with Crippen LogP contribution in [0.2, 0.25) is 0 Å². The van der Waals surface area contributed by atoms with E-state index in [-0.39, 0.29) is 11.9 Å². The molecule has 4 aromatic rings. The fraction of sp³-hybridized carbons (Fsp3) is 0.208. The molecule has 1 aromatic carbocycles. The van der Waals surface area contributed by atoms with E-state index in [9.17, 15) is 4.79 Å². The molecule has 0 saturated carbocycles. The molecule has 4 heterocycles. The number of hydrogen-bond donors (Lipinski definition) is 0. The molecule has 0 radical (unpaired) electrons. The average Bonchev–Trinajstić information content (AvgIpc) is 3.53. The Balaban J connectivity index is 1.31. The van der Waals surface area contributed by atoms with Crippen molar-refractivity contribution >= 4 is 28.6 Å². The van der Waals surface area contributed by atoms with Crippen LogP contribution in [0, 0.1) is 0 Å². The summed E-state index contributed by atoms with van der Waals surface area (Å²) in [6.07, 6.45) is 2.03.